The Balaban J connectivity index is 2.53. The molecule has 11 heavy (non-hydrogen) atoms. The van der Waals surface area contributed by atoms with Gasteiger partial charge in [0, 0.05) is 0 Å². The maximum absolute atomic E-state index is 9.11. The molecule has 0 unspecified atom stereocenters. The van der Waals surface area contributed by atoms with Crippen molar-refractivity contribution in [3.63, 3.8) is 0 Å². The standard InChI is InChI=1S/C6H12O5/c7-1-3-5(9)6(10)4(2-8)11-3/h3-10H,1-2H2/t3-,4-,5-,6+/m0/s1. The van der Waals surface area contributed by atoms with Crippen molar-refractivity contribution in [3.8, 4) is 0 Å². The Hall–Kier alpha value is -0.200. The molecule has 1 fully saturated rings. The number of rotatable bonds is 2. The van der Waals surface area contributed by atoms with Gasteiger partial charge < -0.3 is 25.2 Å². The first kappa shape index (κ1) is 8.89. The zero-order valence-electron chi connectivity index (χ0n) is 5.92. The van der Waals surface area contributed by atoms with E-state index in [1.807, 2.05) is 0 Å². The van der Waals surface area contributed by atoms with E-state index in [0.29, 0.717) is 0 Å². The van der Waals surface area contributed by atoms with Gasteiger partial charge in [-0.15, -0.1) is 0 Å². The van der Waals surface area contributed by atoms with Crippen LogP contribution in [0.5, 0.6) is 0 Å². The lowest BCUT2D eigenvalue weighted by Gasteiger charge is -2.10. The SMILES string of the molecule is OC[C@@H]1O[C@@H](CO)[C@@H](O)[C@H]1O. The van der Waals surface area contributed by atoms with Gasteiger partial charge in [-0.1, -0.05) is 0 Å². The Bertz CT molecular complexity index is 110. The molecule has 1 aliphatic rings. The van der Waals surface area contributed by atoms with Crippen LogP contribution in [0.1, 0.15) is 0 Å². The first-order valence-electron chi connectivity index (χ1n) is 3.44. The van der Waals surface area contributed by atoms with Gasteiger partial charge in [0.05, 0.1) is 13.2 Å². The summed E-state index contributed by atoms with van der Waals surface area (Å²) in [5.74, 6) is 0. The molecule has 0 amide bonds. The highest BCUT2D eigenvalue weighted by Crippen LogP contribution is 2.20. The van der Waals surface area contributed by atoms with Crippen LogP contribution in [-0.2, 0) is 4.74 Å². The van der Waals surface area contributed by atoms with E-state index in [9.17, 15) is 0 Å². The third-order valence-electron chi connectivity index (χ3n) is 1.82. The molecule has 0 radical (unpaired) electrons. The van der Waals surface area contributed by atoms with Gasteiger partial charge in [0.25, 0.3) is 0 Å². The fourth-order valence-electron chi connectivity index (χ4n) is 1.13. The highest BCUT2D eigenvalue weighted by Gasteiger charge is 2.41. The van der Waals surface area contributed by atoms with Crippen molar-refractivity contribution < 1.29 is 25.2 Å². The van der Waals surface area contributed by atoms with E-state index in [1.54, 1.807) is 0 Å². The molecular formula is C6H12O5. The molecule has 5 nitrogen and oxygen atoms in total. The highest BCUT2D eigenvalue weighted by atomic mass is 16.6. The molecule has 0 spiro atoms. The van der Waals surface area contributed by atoms with Crippen molar-refractivity contribution in [2.24, 2.45) is 0 Å². The van der Waals surface area contributed by atoms with E-state index in [0.717, 1.165) is 0 Å². The molecular weight excluding hydrogens is 152 g/mol. The summed E-state index contributed by atoms with van der Waals surface area (Å²) in [5, 5.41) is 35.4. The third-order valence-corrected chi connectivity index (χ3v) is 1.82. The van der Waals surface area contributed by atoms with Crippen molar-refractivity contribution >= 4 is 0 Å². The number of aliphatic hydroxyl groups is 4. The Morgan fingerprint density at radius 1 is 0.909 bits per heavy atom. The van der Waals surface area contributed by atoms with Gasteiger partial charge in [0.1, 0.15) is 24.4 Å². The number of hydrogen-bond donors (Lipinski definition) is 4. The fourth-order valence-corrected chi connectivity index (χ4v) is 1.13. The van der Waals surface area contributed by atoms with E-state index >= 15 is 0 Å². The molecule has 5 heteroatoms. The lowest BCUT2D eigenvalue weighted by atomic mass is 10.1. The quantitative estimate of drug-likeness (QED) is 0.361. The monoisotopic (exact) mass is 164 g/mol. The molecule has 0 aromatic rings. The van der Waals surface area contributed by atoms with Crippen LogP contribution < -0.4 is 0 Å². The van der Waals surface area contributed by atoms with Crippen molar-refractivity contribution in [2.75, 3.05) is 13.2 Å². The minimum absolute atomic E-state index is 0.352. The van der Waals surface area contributed by atoms with Gasteiger partial charge >= 0.3 is 0 Å². The number of hydrogen-bond acceptors (Lipinski definition) is 5. The van der Waals surface area contributed by atoms with Gasteiger partial charge in [-0.25, -0.2) is 0 Å². The van der Waals surface area contributed by atoms with E-state index in [-0.39, 0.29) is 13.2 Å². The smallest absolute Gasteiger partial charge is 0.111 e. The normalized spacial score (nSPS) is 44.7. The molecule has 0 aromatic carbocycles. The van der Waals surface area contributed by atoms with Crippen LogP contribution in [0, 0.1) is 0 Å². The van der Waals surface area contributed by atoms with Crippen LogP contribution in [0.15, 0.2) is 0 Å². The van der Waals surface area contributed by atoms with Gasteiger partial charge in [-0.05, 0) is 0 Å². The molecule has 1 aliphatic heterocycles. The first-order valence-corrected chi connectivity index (χ1v) is 3.44. The Labute approximate surface area is 63.8 Å². The molecule has 0 bridgehead atoms. The summed E-state index contributed by atoms with van der Waals surface area (Å²) >= 11 is 0. The van der Waals surface area contributed by atoms with Crippen LogP contribution in [-0.4, -0.2) is 58.1 Å². The molecule has 1 saturated heterocycles. The van der Waals surface area contributed by atoms with Crippen LogP contribution >= 0.6 is 0 Å². The fraction of sp³-hybridized carbons (Fsp3) is 1.00. The second kappa shape index (κ2) is 3.46. The summed E-state index contributed by atoms with van der Waals surface area (Å²) in [7, 11) is 0. The van der Waals surface area contributed by atoms with Gasteiger partial charge in [-0.3, -0.25) is 0 Å². The zero-order chi connectivity index (χ0) is 8.43. The molecule has 4 atom stereocenters. The largest absolute Gasteiger partial charge is 0.394 e. The van der Waals surface area contributed by atoms with Crippen LogP contribution in [0.2, 0.25) is 0 Å². The van der Waals surface area contributed by atoms with E-state index in [1.165, 1.54) is 0 Å². The average Bonchev–Trinajstić information content (AvgIpc) is 2.30. The summed E-state index contributed by atoms with van der Waals surface area (Å²) in [6.45, 7) is -0.705. The maximum Gasteiger partial charge on any atom is 0.111 e. The van der Waals surface area contributed by atoms with Crippen LogP contribution in [0.3, 0.4) is 0 Å². The highest BCUT2D eigenvalue weighted by molar-refractivity contribution is 4.89. The molecule has 1 rings (SSSR count). The lowest BCUT2D eigenvalue weighted by molar-refractivity contribution is -0.0395. The Kier molecular flexibility index (Phi) is 2.80. The molecule has 66 valence electrons. The summed E-state index contributed by atoms with van der Waals surface area (Å²) in [4.78, 5) is 0. The third kappa shape index (κ3) is 1.52. The van der Waals surface area contributed by atoms with Gasteiger partial charge in [0.2, 0.25) is 0 Å². The topological polar surface area (TPSA) is 90.2 Å². The second-order valence-corrected chi connectivity index (χ2v) is 2.56. The molecule has 0 aliphatic carbocycles. The summed E-state index contributed by atoms with van der Waals surface area (Å²) in [6.07, 6.45) is -3.75. The maximum atomic E-state index is 9.11. The summed E-state index contributed by atoms with van der Waals surface area (Å²) < 4.78 is 4.88. The molecule has 0 aromatic heterocycles. The van der Waals surface area contributed by atoms with Crippen LogP contribution in [0.25, 0.3) is 0 Å². The Morgan fingerprint density at radius 3 is 1.45 bits per heavy atom. The first-order chi connectivity index (χ1) is 5.20. The second-order valence-electron chi connectivity index (χ2n) is 2.56. The molecule has 0 saturated carbocycles. The minimum Gasteiger partial charge on any atom is -0.394 e. The minimum atomic E-state index is -1.10. The molecule has 1 heterocycles. The number of aliphatic hydroxyl groups excluding tert-OH is 4. The summed E-state index contributed by atoms with van der Waals surface area (Å²) in [5.41, 5.74) is 0. The zero-order valence-corrected chi connectivity index (χ0v) is 5.92. The van der Waals surface area contributed by atoms with Crippen LogP contribution in [0.4, 0.5) is 0 Å². The van der Waals surface area contributed by atoms with E-state index in [2.05, 4.69) is 0 Å². The average molecular weight is 164 g/mol. The predicted octanol–water partition coefficient (Wildman–Crippen LogP) is -2.54. The predicted molar refractivity (Wildman–Crippen MR) is 34.8 cm³/mol. The van der Waals surface area contributed by atoms with Crippen molar-refractivity contribution in [1.29, 1.82) is 0 Å². The molecule has 4 N–H and O–H groups in total. The number of ether oxygens (including phenoxy) is 1. The van der Waals surface area contributed by atoms with E-state index < -0.39 is 24.4 Å². The van der Waals surface area contributed by atoms with Crippen molar-refractivity contribution in [3.05, 3.63) is 0 Å². The lowest BCUT2D eigenvalue weighted by Crippen LogP contribution is -2.34. The Morgan fingerprint density at radius 2 is 1.27 bits per heavy atom. The van der Waals surface area contributed by atoms with Crippen molar-refractivity contribution in [1.82, 2.24) is 0 Å². The van der Waals surface area contributed by atoms with Gasteiger partial charge in [-0.2, -0.15) is 0 Å². The van der Waals surface area contributed by atoms with Gasteiger partial charge in [0.15, 0.2) is 0 Å². The van der Waals surface area contributed by atoms with E-state index in [4.69, 9.17) is 25.2 Å². The van der Waals surface area contributed by atoms with Crippen molar-refractivity contribution in [2.45, 2.75) is 24.4 Å². The summed E-state index contributed by atoms with van der Waals surface area (Å²) in [6, 6.07) is 0.